The number of carbonyl (C=O) groups is 2. The molecule has 8 aromatic rings. The van der Waals surface area contributed by atoms with E-state index in [0.29, 0.717) is 68.5 Å². The first-order chi connectivity index (χ1) is 28.2. The Labute approximate surface area is 357 Å². The van der Waals surface area contributed by atoms with Crippen LogP contribution < -0.4 is 10.6 Å². The number of halogens is 2. The summed E-state index contributed by atoms with van der Waals surface area (Å²) < 4.78 is 11.1. The molecule has 312 valence electrons. The first-order valence-electron chi connectivity index (χ1n) is 19.4. The van der Waals surface area contributed by atoms with Gasteiger partial charge in [-0.25, -0.2) is 29.3 Å². The summed E-state index contributed by atoms with van der Waals surface area (Å²) in [5.41, 5.74) is 3.92. The van der Waals surface area contributed by atoms with Crippen LogP contribution in [0, 0.1) is 0 Å². The highest BCUT2D eigenvalue weighted by molar-refractivity contribution is 6.76. The van der Waals surface area contributed by atoms with Gasteiger partial charge in [-0.15, -0.1) is 0 Å². The van der Waals surface area contributed by atoms with Crippen molar-refractivity contribution in [3.63, 3.8) is 0 Å². The van der Waals surface area contributed by atoms with Crippen LogP contribution in [0.15, 0.2) is 73.6 Å². The Morgan fingerprint density at radius 3 is 1.83 bits per heavy atom. The topological polar surface area (TPSA) is 175 Å². The first-order valence-corrected chi connectivity index (χ1v) is 23.9. The van der Waals surface area contributed by atoms with Gasteiger partial charge in [-0.05, 0) is 84.0 Å². The molecular formula is C42H48Cl2N12O3Si. The van der Waals surface area contributed by atoms with Crippen LogP contribution in [0.2, 0.25) is 35.7 Å². The number of fused-ring (bicyclic) bond motifs is 4. The zero-order chi connectivity index (χ0) is 43.1. The van der Waals surface area contributed by atoms with Gasteiger partial charge >= 0.3 is 0 Å². The number of hydrogen-bond acceptors (Lipinski definition) is 9. The third-order valence-corrected chi connectivity index (χ3v) is 11.3. The molecule has 0 aliphatic carbocycles. The number of amides is 2. The fourth-order valence-electron chi connectivity index (χ4n) is 6.27. The average molecular weight is 868 g/mol. The van der Waals surface area contributed by atoms with Crippen LogP contribution in [0.25, 0.3) is 55.8 Å². The Hall–Kier alpha value is -5.68. The van der Waals surface area contributed by atoms with E-state index in [1.54, 1.807) is 46.5 Å². The normalized spacial score (nSPS) is 12.3. The number of aromatic nitrogens is 10. The summed E-state index contributed by atoms with van der Waals surface area (Å²) in [5.74, 6) is 0.605. The lowest BCUT2D eigenvalue weighted by Crippen LogP contribution is -2.40. The van der Waals surface area contributed by atoms with Gasteiger partial charge in [0.15, 0.2) is 22.9 Å². The molecule has 8 rings (SSSR count). The average Bonchev–Trinajstić information content (AvgIpc) is 3.95. The van der Waals surface area contributed by atoms with Crippen molar-refractivity contribution in [3.8, 4) is 11.6 Å². The molecule has 3 N–H and O–H groups in total. The van der Waals surface area contributed by atoms with E-state index < -0.39 is 8.07 Å². The number of carbonyl (C=O) groups excluding carboxylic acids is 2. The highest BCUT2D eigenvalue weighted by atomic mass is 35.5. The molecule has 0 fully saturated rings. The first kappa shape index (κ1) is 42.4. The second kappa shape index (κ2) is 16.4. The maximum atomic E-state index is 13.1. The summed E-state index contributed by atoms with van der Waals surface area (Å²) in [5, 5.41) is 17.9. The van der Waals surface area contributed by atoms with Gasteiger partial charge in [-0.3, -0.25) is 9.59 Å². The zero-order valence-corrected chi connectivity index (χ0v) is 37.6. The van der Waals surface area contributed by atoms with E-state index in [2.05, 4.69) is 60.4 Å². The van der Waals surface area contributed by atoms with Gasteiger partial charge in [0.25, 0.3) is 11.8 Å². The second-order valence-corrected chi connectivity index (χ2v) is 24.3. The van der Waals surface area contributed by atoms with Crippen molar-refractivity contribution in [2.45, 2.75) is 85.0 Å². The SMILES string of the molecule is CC(C)(C)NC(=O)c1c[nH]c2ncc(-n3ncc4ccc(Cl)cc43)nc12.CC(C)(C)NC(=O)c1cn(COCC[Si](C)(C)C)c2ncc(-n3ncc4ccc(Cl)cc43)nc12. The minimum Gasteiger partial charge on any atom is -0.361 e. The predicted octanol–water partition coefficient (Wildman–Crippen LogP) is 8.74. The quantitative estimate of drug-likeness (QED) is 0.0946. The molecule has 0 radical (unpaired) electrons. The standard InChI is InChI=1S/C24H31ClN6O2Si.C18H17ClN6O/c1-24(2,3)29-23(32)18-14-30(15-33-9-10-34(4,5)6)22-21(18)28-20(13-26-22)31-19-11-17(25)8-7-16(19)12-27-31;1-18(2,3)24-17(26)12-8-20-16-15(12)23-14(9-21-16)25-13-6-11(19)5-4-10(13)7-22-25/h7-8,11-14H,9-10,15H2,1-6H3,(H,29,32);4-9H,1-3H3,(H,20,21)(H,24,26). The maximum Gasteiger partial charge on any atom is 0.255 e. The number of hydrogen-bond donors (Lipinski definition) is 3. The highest BCUT2D eigenvalue weighted by Gasteiger charge is 2.24. The molecule has 2 amide bonds. The lowest BCUT2D eigenvalue weighted by Gasteiger charge is -2.20. The number of H-pyrrole nitrogens is 1. The summed E-state index contributed by atoms with van der Waals surface area (Å²) in [6.45, 7) is 19.5. The second-order valence-electron chi connectivity index (χ2n) is 17.8. The van der Waals surface area contributed by atoms with Crippen LogP contribution in [-0.4, -0.2) is 86.6 Å². The minimum absolute atomic E-state index is 0.205. The van der Waals surface area contributed by atoms with Crippen molar-refractivity contribution in [2.75, 3.05) is 6.61 Å². The molecule has 0 saturated carbocycles. The van der Waals surface area contributed by atoms with Crippen molar-refractivity contribution in [1.29, 1.82) is 0 Å². The fourth-order valence-corrected chi connectivity index (χ4v) is 7.36. The van der Waals surface area contributed by atoms with Gasteiger partial charge in [-0.2, -0.15) is 10.2 Å². The van der Waals surface area contributed by atoms with Gasteiger partial charge in [-0.1, -0.05) is 42.8 Å². The molecule has 0 atom stereocenters. The summed E-state index contributed by atoms with van der Waals surface area (Å²) >= 11 is 12.3. The molecule has 0 aliphatic rings. The number of rotatable bonds is 9. The fraction of sp³-hybridized carbons (Fsp3) is 0.333. The van der Waals surface area contributed by atoms with Crippen LogP contribution in [0.1, 0.15) is 62.3 Å². The predicted molar refractivity (Wildman–Crippen MR) is 239 cm³/mol. The van der Waals surface area contributed by atoms with Gasteiger partial charge in [0.2, 0.25) is 0 Å². The molecule has 0 bridgehead atoms. The summed E-state index contributed by atoms with van der Waals surface area (Å²) in [7, 11) is -1.20. The van der Waals surface area contributed by atoms with Gasteiger partial charge in [0.1, 0.15) is 17.8 Å². The number of ether oxygens (including phenoxy) is 1. The van der Waals surface area contributed by atoms with Crippen molar-refractivity contribution in [3.05, 3.63) is 94.8 Å². The lowest BCUT2D eigenvalue weighted by atomic mass is 10.1. The van der Waals surface area contributed by atoms with Crippen molar-refractivity contribution in [1.82, 2.24) is 59.7 Å². The van der Waals surface area contributed by atoms with E-state index in [-0.39, 0.29) is 22.9 Å². The molecule has 2 aromatic carbocycles. The Bertz CT molecular complexity index is 2880. The van der Waals surface area contributed by atoms with Crippen molar-refractivity contribution >= 4 is 87.2 Å². The molecular weight excluding hydrogens is 820 g/mol. The molecule has 6 aromatic heterocycles. The van der Waals surface area contributed by atoms with E-state index in [9.17, 15) is 9.59 Å². The molecule has 18 heteroatoms. The monoisotopic (exact) mass is 866 g/mol. The molecule has 15 nitrogen and oxygen atoms in total. The Balaban J connectivity index is 0.000000188. The maximum absolute atomic E-state index is 13.1. The van der Waals surface area contributed by atoms with E-state index in [1.165, 1.54) is 0 Å². The van der Waals surface area contributed by atoms with Crippen LogP contribution in [-0.2, 0) is 11.5 Å². The number of nitrogens with zero attached hydrogens (tertiary/aromatic N) is 9. The van der Waals surface area contributed by atoms with Crippen LogP contribution >= 0.6 is 23.2 Å². The Morgan fingerprint density at radius 1 is 0.750 bits per heavy atom. The van der Waals surface area contributed by atoms with E-state index in [1.807, 2.05) is 82.5 Å². The molecule has 6 heterocycles. The number of nitrogens with one attached hydrogen (secondary N) is 3. The summed E-state index contributed by atoms with van der Waals surface area (Å²) in [4.78, 5) is 47.1. The highest BCUT2D eigenvalue weighted by Crippen LogP contribution is 2.26. The largest absolute Gasteiger partial charge is 0.361 e. The molecule has 0 aliphatic heterocycles. The molecule has 0 saturated heterocycles. The molecule has 0 spiro atoms. The van der Waals surface area contributed by atoms with Crippen LogP contribution in [0.5, 0.6) is 0 Å². The van der Waals surface area contributed by atoms with Gasteiger partial charge in [0, 0.05) is 59.0 Å². The molecule has 60 heavy (non-hydrogen) atoms. The Morgan fingerprint density at radius 2 is 1.28 bits per heavy atom. The van der Waals surface area contributed by atoms with E-state index >= 15 is 0 Å². The van der Waals surface area contributed by atoms with Crippen molar-refractivity contribution < 1.29 is 14.3 Å². The van der Waals surface area contributed by atoms with Gasteiger partial charge < -0.3 is 24.9 Å². The van der Waals surface area contributed by atoms with Gasteiger partial charge in [0.05, 0.1) is 46.9 Å². The van der Waals surface area contributed by atoms with E-state index in [0.717, 1.165) is 27.8 Å². The lowest BCUT2D eigenvalue weighted by molar-refractivity contribution is 0.0884. The number of aromatic amines is 1. The third-order valence-electron chi connectivity index (χ3n) is 9.11. The minimum atomic E-state index is -1.20. The van der Waals surface area contributed by atoms with Crippen LogP contribution in [0.4, 0.5) is 0 Å². The summed E-state index contributed by atoms with van der Waals surface area (Å²) in [6.07, 6.45) is 10.1. The number of benzene rings is 2. The smallest absolute Gasteiger partial charge is 0.255 e. The van der Waals surface area contributed by atoms with Crippen molar-refractivity contribution in [2.24, 2.45) is 0 Å². The molecule has 0 unspecified atom stereocenters. The van der Waals surface area contributed by atoms with E-state index in [4.69, 9.17) is 32.9 Å². The van der Waals surface area contributed by atoms with Crippen LogP contribution in [0.3, 0.4) is 0 Å². The third kappa shape index (κ3) is 9.68. The summed E-state index contributed by atoms with van der Waals surface area (Å²) in [6, 6.07) is 12.2. The Kier molecular flexibility index (Phi) is 11.6. The zero-order valence-electron chi connectivity index (χ0n) is 35.1.